The van der Waals surface area contributed by atoms with E-state index in [4.69, 9.17) is 9.26 Å². The molecule has 0 aliphatic carbocycles. The van der Waals surface area contributed by atoms with E-state index in [0.29, 0.717) is 30.2 Å². The maximum atomic E-state index is 14.2. The summed E-state index contributed by atoms with van der Waals surface area (Å²) in [6, 6.07) is 17.9. The van der Waals surface area contributed by atoms with Gasteiger partial charge in [-0.05, 0) is 54.2 Å². The van der Waals surface area contributed by atoms with Gasteiger partial charge in [-0.25, -0.2) is 4.98 Å². The molecular weight excluding hydrogens is 759 g/mol. The largest absolute Gasteiger partial charge is 0.507 e. The number of β-amino-alcohol motifs (C(OH)–C–C–N with tert-alkyl or cyclic N) is 1. The smallest absolute Gasteiger partial charge is 0.254 e. The minimum Gasteiger partial charge on any atom is -0.507 e. The fourth-order valence-corrected chi connectivity index (χ4v) is 9.07. The van der Waals surface area contributed by atoms with Crippen LogP contribution in [0, 0.1) is 12.8 Å². The van der Waals surface area contributed by atoms with Crippen LogP contribution in [-0.2, 0) is 9.59 Å². The van der Waals surface area contributed by atoms with E-state index in [9.17, 15) is 19.8 Å². The first-order chi connectivity index (χ1) is 28.0. The molecule has 2 aromatic carbocycles. The molecule has 4 N–H and O–H groups in total. The Balaban J connectivity index is 0.855. The van der Waals surface area contributed by atoms with Gasteiger partial charge in [-0.2, -0.15) is 0 Å². The number of nitrogens with zero attached hydrogens (tertiary/aromatic N) is 7. The number of phenols is 1. The number of ether oxygens (including phenoxy) is 1. The summed E-state index contributed by atoms with van der Waals surface area (Å²) in [5, 5.41) is 40.4. The summed E-state index contributed by atoms with van der Waals surface area (Å²) in [5.74, 6) is 0.0239. The lowest BCUT2D eigenvalue weighted by Gasteiger charge is -2.45. The van der Waals surface area contributed by atoms with Crippen LogP contribution in [0.3, 0.4) is 0 Å². The number of aliphatic hydroxyl groups excluding tert-OH is 1. The van der Waals surface area contributed by atoms with E-state index in [1.807, 2.05) is 75.7 Å². The minimum absolute atomic E-state index is 0.0510. The van der Waals surface area contributed by atoms with Gasteiger partial charge in [0.25, 0.3) is 5.88 Å². The number of phenolic OH excluding ortho intramolecular Hbond substituents is 1. The van der Waals surface area contributed by atoms with Crippen LogP contribution in [0.1, 0.15) is 56.2 Å². The molecule has 3 aliphatic rings. The highest BCUT2D eigenvalue weighted by atomic mass is 32.1. The Morgan fingerprint density at radius 2 is 1.88 bits per heavy atom. The number of fused-ring (bicyclic) bond motifs is 3. The van der Waals surface area contributed by atoms with Crippen molar-refractivity contribution in [2.45, 2.75) is 64.3 Å². The fourth-order valence-electron chi connectivity index (χ4n) is 8.26. The maximum Gasteiger partial charge on any atom is 0.254 e. The molecule has 58 heavy (non-hydrogen) atoms. The number of thiazole rings is 1. The standard InChI is InChI=1S/C42H49N9O6S/c1-24(2)38(42(55)51-22-30(52)17-34(51)41(54)45-25(3)27-9-11-28(12-10-27)39-26(4)44-23-58-39)36-19-37(48-57-36)56-16-15-49-13-14-50-29(21-49)20-43-40-33(50)18-32(46-47-40)31-7-5-6-8-35(31)53/h5-12,18-19,23-25,29-30,34,38,52-53H,13-17,20-22H2,1-4H3,(H,43,47)(H,45,54)/t25?,29-,30+,34-,38?/m0/s1. The van der Waals surface area contributed by atoms with Gasteiger partial charge in [-0.3, -0.25) is 14.5 Å². The lowest BCUT2D eigenvalue weighted by Crippen LogP contribution is -2.58. The number of para-hydroxylation sites is 1. The molecule has 2 amide bonds. The van der Waals surface area contributed by atoms with E-state index in [0.717, 1.165) is 59.4 Å². The number of rotatable bonds is 12. The predicted molar refractivity (Wildman–Crippen MR) is 220 cm³/mol. The number of nitrogens with one attached hydrogen (secondary N) is 2. The fraction of sp³-hybridized carbons (Fsp3) is 0.429. The van der Waals surface area contributed by atoms with Crippen molar-refractivity contribution in [1.82, 2.24) is 35.5 Å². The maximum absolute atomic E-state index is 14.2. The van der Waals surface area contributed by atoms with E-state index in [1.165, 1.54) is 4.90 Å². The van der Waals surface area contributed by atoms with E-state index in [-0.39, 0.29) is 54.4 Å². The number of piperazine rings is 1. The first-order valence-electron chi connectivity index (χ1n) is 19.8. The van der Waals surface area contributed by atoms with Crippen molar-refractivity contribution in [2.24, 2.45) is 5.92 Å². The van der Waals surface area contributed by atoms with Crippen molar-refractivity contribution in [2.75, 3.05) is 56.1 Å². The molecule has 5 atom stereocenters. The predicted octanol–water partition coefficient (Wildman–Crippen LogP) is 4.84. The van der Waals surface area contributed by atoms with Crippen LogP contribution in [0.4, 0.5) is 11.5 Å². The second kappa shape index (κ2) is 16.7. The Bertz CT molecular complexity index is 2250. The average Bonchev–Trinajstić information content (AvgIpc) is 3.97. The van der Waals surface area contributed by atoms with Gasteiger partial charge in [0.15, 0.2) is 11.6 Å². The van der Waals surface area contributed by atoms with Crippen molar-refractivity contribution in [3.63, 3.8) is 0 Å². The van der Waals surface area contributed by atoms with E-state index >= 15 is 0 Å². The van der Waals surface area contributed by atoms with Crippen LogP contribution in [-0.4, -0.2) is 116 Å². The lowest BCUT2D eigenvalue weighted by atomic mass is 9.91. The summed E-state index contributed by atoms with van der Waals surface area (Å²) in [6.45, 7) is 12.0. The number of hydrogen-bond acceptors (Lipinski definition) is 14. The van der Waals surface area contributed by atoms with Crippen LogP contribution in [0.2, 0.25) is 0 Å². The SMILES string of the molecule is Cc1ncsc1-c1ccc(C(C)NC(=O)[C@@H]2C[C@@H](O)CN2C(=O)C(c2cc(OCCN3CCN4c5cc(-c6ccccc6O)nnc5NC[C@H]4C3)no2)C(C)C)cc1. The molecule has 3 aromatic heterocycles. The van der Waals surface area contributed by atoms with Crippen molar-refractivity contribution >= 4 is 34.7 Å². The van der Waals surface area contributed by atoms with Gasteiger partial charge >= 0.3 is 0 Å². The van der Waals surface area contributed by atoms with Gasteiger partial charge in [-0.15, -0.1) is 21.5 Å². The zero-order valence-electron chi connectivity index (χ0n) is 33.0. The number of benzene rings is 2. The van der Waals surface area contributed by atoms with Gasteiger partial charge in [0.2, 0.25) is 11.8 Å². The highest BCUT2D eigenvalue weighted by Crippen LogP contribution is 2.37. The Morgan fingerprint density at radius 3 is 2.64 bits per heavy atom. The van der Waals surface area contributed by atoms with Gasteiger partial charge in [-0.1, -0.05) is 50.2 Å². The van der Waals surface area contributed by atoms with Gasteiger partial charge in [0, 0.05) is 57.3 Å². The van der Waals surface area contributed by atoms with E-state index < -0.39 is 18.1 Å². The van der Waals surface area contributed by atoms with Crippen LogP contribution in [0.15, 0.2) is 70.7 Å². The minimum atomic E-state index is -0.829. The molecule has 0 saturated carbocycles. The molecule has 2 saturated heterocycles. The molecule has 2 fully saturated rings. The Hall–Kier alpha value is -5.58. The number of aliphatic hydroxyl groups is 1. The Labute approximate surface area is 341 Å². The molecule has 3 aliphatic heterocycles. The van der Waals surface area contributed by atoms with E-state index in [1.54, 1.807) is 29.5 Å². The second-order valence-electron chi connectivity index (χ2n) is 15.7. The number of likely N-dealkylation sites (tertiary alicyclic amines) is 1. The zero-order chi connectivity index (χ0) is 40.5. The highest BCUT2D eigenvalue weighted by molar-refractivity contribution is 7.13. The number of aryl methyl sites for hydroxylation is 1. The Morgan fingerprint density at radius 1 is 1.07 bits per heavy atom. The summed E-state index contributed by atoms with van der Waals surface area (Å²) in [5.41, 5.74) is 7.04. The Kier molecular flexibility index (Phi) is 11.3. The molecule has 0 bridgehead atoms. The summed E-state index contributed by atoms with van der Waals surface area (Å²) < 4.78 is 11.7. The molecule has 0 spiro atoms. The summed E-state index contributed by atoms with van der Waals surface area (Å²) in [6.07, 6.45) is -0.677. The second-order valence-corrected chi connectivity index (χ2v) is 16.5. The van der Waals surface area contributed by atoms with Gasteiger partial charge in [0.1, 0.15) is 24.3 Å². The van der Waals surface area contributed by atoms with Gasteiger partial charge in [0.05, 0.1) is 45.7 Å². The third-order valence-corrected chi connectivity index (χ3v) is 12.4. The number of aromatic nitrogens is 4. The van der Waals surface area contributed by atoms with Crippen LogP contribution >= 0.6 is 11.3 Å². The molecule has 2 unspecified atom stereocenters. The quantitative estimate of drug-likeness (QED) is 0.135. The zero-order valence-corrected chi connectivity index (χ0v) is 33.9. The molecule has 8 rings (SSSR count). The van der Waals surface area contributed by atoms with Crippen molar-refractivity contribution < 1.29 is 29.1 Å². The third-order valence-electron chi connectivity index (χ3n) is 11.4. The average molecular weight is 808 g/mol. The number of hydrogen-bond donors (Lipinski definition) is 4. The molecule has 304 valence electrons. The first kappa shape index (κ1) is 39.3. The monoisotopic (exact) mass is 807 g/mol. The van der Waals surface area contributed by atoms with Crippen molar-refractivity contribution in [3.8, 4) is 33.3 Å². The molecule has 5 aromatic rings. The van der Waals surface area contributed by atoms with Crippen LogP contribution < -0.4 is 20.3 Å². The number of aromatic hydroxyl groups is 1. The van der Waals surface area contributed by atoms with Crippen molar-refractivity contribution in [3.05, 3.63) is 83.2 Å². The lowest BCUT2D eigenvalue weighted by molar-refractivity contribution is -0.141. The number of carbonyl (C=O) groups is 2. The van der Waals surface area contributed by atoms with E-state index in [2.05, 4.69) is 40.8 Å². The number of carbonyl (C=O) groups excluding carboxylic acids is 2. The highest BCUT2D eigenvalue weighted by Gasteiger charge is 2.43. The molecular formula is C42H49N9O6S. The molecule has 0 radical (unpaired) electrons. The van der Waals surface area contributed by atoms with Crippen LogP contribution in [0.5, 0.6) is 11.6 Å². The molecule has 6 heterocycles. The normalized spacial score (nSPS) is 20.3. The first-order valence-corrected chi connectivity index (χ1v) is 20.7. The third kappa shape index (κ3) is 8.08. The molecule has 16 heteroatoms. The topological polar surface area (TPSA) is 182 Å². The van der Waals surface area contributed by atoms with Crippen molar-refractivity contribution in [1.29, 1.82) is 0 Å². The summed E-state index contributed by atoms with van der Waals surface area (Å²) in [4.78, 5) is 39.5. The number of anilines is 2. The number of amides is 2. The van der Waals surface area contributed by atoms with Gasteiger partial charge < -0.3 is 39.9 Å². The van der Waals surface area contributed by atoms with Crippen LogP contribution in [0.25, 0.3) is 21.7 Å². The molecule has 15 nitrogen and oxygen atoms in total. The summed E-state index contributed by atoms with van der Waals surface area (Å²) >= 11 is 1.59. The summed E-state index contributed by atoms with van der Waals surface area (Å²) in [7, 11) is 0.